The second kappa shape index (κ2) is 3.61. The summed E-state index contributed by atoms with van der Waals surface area (Å²) in [7, 11) is 1.85. The maximum Gasteiger partial charge on any atom is 0.309 e. The topological polar surface area (TPSA) is 70.9 Å². The summed E-state index contributed by atoms with van der Waals surface area (Å²) in [5.74, 6) is -0.824. The molecule has 2 aromatic rings. The maximum absolute atomic E-state index is 10.6. The van der Waals surface area contributed by atoms with Crippen molar-refractivity contribution >= 4 is 5.97 Å². The van der Waals surface area contributed by atoms with Crippen molar-refractivity contribution in [2.75, 3.05) is 0 Å². The van der Waals surface area contributed by atoms with Gasteiger partial charge in [0.05, 0.1) is 18.3 Å². The third-order valence-corrected chi connectivity index (χ3v) is 2.35. The van der Waals surface area contributed by atoms with Gasteiger partial charge in [-0.2, -0.15) is 5.10 Å². The molecule has 0 radical (unpaired) electrons. The Morgan fingerprint density at radius 3 is 3.00 bits per heavy atom. The van der Waals surface area contributed by atoms with E-state index in [0.29, 0.717) is 0 Å². The van der Waals surface area contributed by atoms with E-state index in [0.717, 1.165) is 17.0 Å². The molecule has 2 N–H and O–H groups in total. The van der Waals surface area contributed by atoms with E-state index in [1.54, 1.807) is 12.4 Å². The molecular weight excluding hydrogens is 194 g/mol. The van der Waals surface area contributed by atoms with Crippen LogP contribution in [0.15, 0.2) is 24.5 Å². The molecule has 0 spiro atoms. The molecule has 15 heavy (non-hydrogen) atoms. The largest absolute Gasteiger partial charge is 0.481 e. The Morgan fingerprint density at radius 1 is 1.60 bits per heavy atom. The van der Waals surface area contributed by atoms with Crippen LogP contribution in [0.2, 0.25) is 0 Å². The van der Waals surface area contributed by atoms with Crippen LogP contribution in [-0.4, -0.2) is 25.8 Å². The SMILES string of the molecule is Cn1c(CC(=O)O)ccc1-c1cn[nH]c1. The molecule has 5 heteroatoms. The summed E-state index contributed by atoms with van der Waals surface area (Å²) in [6.07, 6.45) is 3.52. The summed E-state index contributed by atoms with van der Waals surface area (Å²) < 4.78 is 1.86. The summed E-state index contributed by atoms with van der Waals surface area (Å²) in [6.45, 7) is 0. The number of aromatic nitrogens is 3. The number of nitrogens with one attached hydrogen (secondary N) is 1. The standard InChI is InChI=1S/C10H11N3O2/c1-13-8(4-10(14)15)2-3-9(13)7-5-11-12-6-7/h2-3,5-6H,4H2,1H3,(H,11,12)(H,14,15). The van der Waals surface area contributed by atoms with Crippen molar-refractivity contribution in [1.29, 1.82) is 0 Å². The van der Waals surface area contributed by atoms with Crippen LogP contribution in [0.3, 0.4) is 0 Å². The Kier molecular flexibility index (Phi) is 2.29. The predicted octanol–water partition coefficient (Wildman–Crippen LogP) is 1.04. The maximum atomic E-state index is 10.6. The van der Waals surface area contributed by atoms with Gasteiger partial charge in [-0.15, -0.1) is 0 Å². The molecule has 78 valence electrons. The summed E-state index contributed by atoms with van der Waals surface area (Å²) >= 11 is 0. The average molecular weight is 205 g/mol. The van der Waals surface area contributed by atoms with Crippen LogP contribution < -0.4 is 0 Å². The van der Waals surface area contributed by atoms with Crippen LogP contribution in [0.25, 0.3) is 11.3 Å². The number of rotatable bonds is 3. The first-order valence-electron chi connectivity index (χ1n) is 4.54. The highest BCUT2D eigenvalue weighted by Crippen LogP contribution is 2.20. The lowest BCUT2D eigenvalue weighted by Gasteiger charge is -2.03. The number of hydrogen-bond donors (Lipinski definition) is 2. The van der Waals surface area contributed by atoms with Gasteiger partial charge in [-0.05, 0) is 12.1 Å². The molecule has 0 bridgehead atoms. The van der Waals surface area contributed by atoms with Gasteiger partial charge in [0.25, 0.3) is 0 Å². The highest BCUT2D eigenvalue weighted by molar-refractivity contribution is 5.70. The molecule has 2 aromatic heterocycles. The van der Waals surface area contributed by atoms with E-state index in [1.165, 1.54) is 0 Å². The molecule has 5 nitrogen and oxygen atoms in total. The van der Waals surface area contributed by atoms with Crippen molar-refractivity contribution in [3.05, 3.63) is 30.2 Å². The number of carboxylic acids is 1. The van der Waals surface area contributed by atoms with Crippen LogP contribution in [-0.2, 0) is 18.3 Å². The number of aliphatic carboxylic acids is 1. The highest BCUT2D eigenvalue weighted by atomic mass is 16.4. The number of carbonyl (C=O) groups is 1. The van der Waals surface area contributed by atoms with Crippen molar-refractivity contribution in [2.24, 2.45) is 7.05 Å². The monoisotopic (exact) mass is 205 g/mol. The van der Waals surface area contributed by atoms with E-state index in [1.807, 2.05) is 23.7 Å². The zero-order valence-electron chi connectivity index (χ0n) is 8.27. The molecule has 0 aliphatic heterocycles. The number of carboxylic acid groups (broad SMARTS) is 1. The van der Waals surface area contributed by atoms with E-state index in [2.05, 4.69) is 10.2 Å². The third kappa shape index (κ3) is 1.76. The molecule has 0 saturated carbocycles. The van der Waals surface area contributed by atoms with Gasteiger partial charge in [0.2, 0.25) is 0 Å². The predicted molar refractivity (Wildman–Crippen MR) is 54.3 cm³/mol. The number of aromatic amines is 1. The molecule has 2 rings (SSSR count). The fraction of sp³-hybridized carbons (Fsp3) is 0.200. The van der Waals surface area contributed by atoms with Crippen LogP contribution in [0.1, 0.15) is 5.69 Å². The van der Waals surface area contributed by atoms with Crippen molar-refractivity contribution in [1.82, 2.24) is 14.8 Å². The Labute approximate surface area is 86.4 Å². The molecule has 0 atom stereocenters. The van der Waals surface area contributed by atoms with E-state index in [-0.39, 0.29) is 6.42 Å². The third-order valence-electron chi connectivity index (χ3n) is 2.35. The summed E-state index contributed by atoms with van der Waals surface area (Å²) in [5.41, 5.74) is 2.69. The first-order valence-corrected chi connectivity index (χ1v) is 4.54. The fourth-order valence-electron chi connectivity index (χ4n) is 1.57. The normalized spacial score (nSPS) is 10.5. The highest BCUT2D eigenvalue weighted by Gasteiger charge is 2.09. The van der Waals surface area contributed by atoms with E-state index >= 15 is 0 Å². The molecule has 0 aliphatic carbocycles. The fourth-order valence-corrected chi connectivity index (χ4v) is 1.57. The van der Waals surface area contributed by atoms with Gasteiger partial charge < -0.3 is 9.67 Å². The first-order chi connectivity index (χ1) is 7.18. The molecule has 0 saturated heterocycles. The lowest BCUT2D eigenvalue weighted by Crippen LogP contribution is -2.05. The van der Waals surface area contributed by atoms with Gasteiger partial charge in [-0.25, -0.2) is 0 Å². The summed E-state index contributed by atoms with van der Waals surface area (Å²) in [4.78, 5) is 10.6. The van der Waals surface area contributed by atoms with E-state index in [4.69, 9.17) is 5.11 Å². The van der Waals surface area contributed by atoms with Gasteiger partial charge in [0.15, 0.2) is 0 Å². The average Bonchev–Trinajstić information content (AvgIpc) is 2.76. The lowest BCUT2D eigenvalue weighted by molar-refractivity contribution is -0.136. The summed E-state index contributed by atoms with van der Waals surface area (Å²) in [6, 6.07) is 3.71. The smallest absolute Gasteiger partial charge is 0.309 e. The molecule has 2 heterocycles. The molecule has 0 aliphatic rings. The van der Waals surface area contributed by atoms with Crippen LogP contribution in [0, 0.1) is 0 Å². The minimum atomic E-state index is -0.824. The van der Waals surface area contributed by atoms with E-state index in [9.17, 15) is 4.79 Å². The molecular formula is C10H11N3O2. The zero-order valence-corrected chi connectivity index (χ0v) is 8.27. The minimum Gasteiger partial charge on any atom is -0.481 e. The van der Waals surface area contributed by atoms with Crippen molar-refractivity contribution in [2.45, 2.75) is 6.42 Å². The van der Waals surface area contributed by atoms with Gasteiger partial charge in [0.1, 0.15) is 0 Å². The van der Waals surface area contributed by atoms with E-state index < -0.39 is 5.97 Å². The second-order valence-corrected chi connectivity index (χ2v) is 3.33. The molecule has 0 unspecified atom stereocenters. The number of H-pyrrole nitrogens is 1. The van der Waals surface area contributed by atoms with Crippen LogP contribution in [0.5, 0.6) is 0 Å². The first kappa shape index (κ1) is 9.51. The van der Waals surface area contributed by atoms with Crippen molar-refractivity contribution in [3.8, 4) is 11.3 Å². The Bertz CT molecular complexity index is 471. The molecule has 0 fully saturated rings. The second-order valence-electron chi connectivity index (χ2n) is 3.33. The molecule has 0 amide bonds. The van der Waals surface area contributed by atoms with Gasteiger partial charge in [-0.1, -0.05) is 0 Å². The van der Waals surface area contributed by atoms with Gasteiger partial charge in [0, 0.05) is 24.5 Å². The van der Waals surface area contributed by atoms with Crippen molar-refractivity contribution < 1.29 is 9.90 Å². The quantitative estimate of drug-likeness (QED) is 0.786. The molecule has 0 aromatic carbocycles. The number of hydrogen-bond acceptors (Lipinski definition) is 2. The number of nitrogens with zero attached hydrogens (tertiary/aromatic N) is 2. The van der Waals surface area contributed by atoms with Crippen LogP contribution in [0.4, 0.5) is 0 Å². The minimum absolute atomic E-state index is 0.0361. The van der Waals surface area contributed by atoms with Gasteiger partial charge in [-0.3, -0.25) is 9.89 Å². The van der Waals surface area contributed by atoms with Gasteiger partial charge >= 0.3 is 5.97 Å². The van der Waals surface area contributed by atoms with Crippen molar-refractivity contribution in [3.63, 3.8) is 0 Å². The Morgan fingerprint density at radius 2 is 2.40 bits per heavy atom. The Hall–Kier alpha value is -2.04. The Balaban J connectivity index is 2.36. The lowest BCUT2D eigenvalue weighted by atomic mass is 10.3. The summed E-state index contributed by atoms with van der Waals surface area (Å²) in [5, 5.41) is 15.3. The zero-order chi connectivity index (χ0) is 10.8. The van der Waals surface area contributed by atoms with Crippen LogP contribution >= 0.6 is 0 Å².